The van der Waals surface area contributed by atoms with Gasteiger partial charge in [0.25, 0.3) is 5.91 Å². The summed E-state index contributed by atoms with van der Waals surface area (Å²) in [6.45, 7) is 3.60. The zero-order valence-corrected chi connectivity index (χ0v) is 18.8. The van der Waals surface area contributed by atoms with Gasteiger partial charge in [-0.3, -0.25) is 9.89 Å². The Bertz CT molecular complexity index is 1340. The Morgan fingerprint density at radius 3 is 2.71 bits per heavy atom. The molecule has 0 unspecified atom stereocenters. The molecule has 2 aromatic heterocycles. The number of carbonyl (C=O) groups excluding carboxylic acids is 1. The van der Waals surface area contributed by atoms with E-state index in [1.807, 2.05) is 19.1 Å². The fourth-order valence-corrected chi connectivity index (χ4v) is 4.01. The Balaban J connectivity index is 1.34. The summed E-state index contributed by atoms with van der Waals surface area (Å²) in [5.41, 5.74) is 8.65. The van der Waals surface area contributed by atoms with Crippen molar-refractivity contribution in [2.24, 2.45) is 5.73 Å². The predicted molar refractivity (Wildman–Crippen MR) is 123 cm³/mol. The number of rotatable bonds is 7. The molecule has 4 aromatic rings. The van der Waals surface area contributed by atoms with Gasteiger partial charge in [0.05, 0.1) is 12.1 Å². The number of hydrogen-bond acceptors (Lipinski definition) is 7. The van der Waals surface area contributed by atoms with Crippen LogP contribution < -0.4 is 10.5 Å². The van der Waals surface area contributed by atoms with Crippen molar-refractivity contribution in [2.45, 2.75) is 12.5 Å². The van der Waals surface area contributed by atoms with Crippen LogP contribution in [-0.4, -0.2) is 65.1 Å². The molecule has 176 valence electrons. The zero-order chi connectivity index (χ0) is 23.9. The fourth-order valence-electron chi connectivity index (χ4n) is 4.01. The molecule has 34 heavy (non-hydrogen) atoms. The van der Waals surface area contributed by atoms with E-state index in [1.165, 1.54) is 6.07 Å². The van der Waals surface area contributed by atoms with Gasteiger partial charge in [-0.2, -0.15) is 5.10 Å². The van der Waals surface area contributed by atoms with Crippen LogP contribution in [0.3, 0.4) is 0 Å². The maximum Gasteiger partial charge on any atom is 0.253 e. The zero-order valence-electron chi connectivity index (χ0n) is 18.8. The third kappa shape index (κ3) is 4.13. The van der Waals surface area contributed by atoms with Gasteiger partial charge in [0, 0.05) is 54.4 Å². The number of carbonyl (C=O) groups is 1. The molecule has 0 aliphatic carbocycles. The summed E-state index contributed by atoms with van der Waals surface area (Å²) in [5, 5.41) is 11.8. The third-order valence-electron chi connectivity index (χ3n) is 5.72. The highest BCUT2D eigenvalue weighted by molar-refractivity contribution is 5.95. The highest BCUT2D eigenvalue weighted by Crippen LogP contribution is 2.33. The number of ether oxygens (including phenoxy) is 2. The third-order valence-corrected chi connectivity index (χ3v) is 5.72. The number of nitrogens with zero attached hydrogens (tertiary/aromatic N) is 3. The summed E-state index contributed by atoms with van der Waals surface area (Å²) in [4.78, 5) is 14.3. The van der Waals surface area contributed by atoms with Gasteiger partial charge in [0.2, 0.25) is 0 Å². The minimum atomic E-state index is -0.511. The maximum atomic E-state index is 14.5. The number of benzene rings is 2. The quantitative estimate of drug-likeness (QED) is 0.402. The van der Waals surface area contributed by atoms with Crippen LogP contribution in [-0.2, 0) is 4.74 Å². The van der Waals surface area contributed by atoms with E-state index in [4.69, 9.17) is 19.7 Å². The number of H-pyrrole nitrogens is 1. The van der Waals surface area contributed by atoms with Crippen molar-refractivity contribution in [1.29, 1.82) is 0 Å². The molecular formula is C24H24FN5O4. The van der Waals surface area contributed by atoms with Crippen LogP contribution in [0.4, 0.5) is 4.39 Å². The lowest BCUT2D eigenvalue weighted by Crippen LogP contribution is -2.66. The molecule has 10 heteroatoms. The largest absolute Gasteiger partial charge is 0.488 e. The lowest BCUT2D eigenvalue weighted by atomic mass is 9.93. The van der Waals surface area contributed by atoms with Crippen LogP contribution in [0, 0.1) is 5.82 Å². The fraction of sp³-hybridized carbons (Fsp3) is 0.292. The topological polar surface area (TPSA) is 120 Å². The molecule has 0 spiro atoms. The van der Waals surface area contributed by atoms with Gasteiger partial charge in [-0.25, -0.2) is 4.39 Å². The molecule has 1 amide bonds. The van der Waals surface area contributed by atoms with Gasteiger partial charge in [-0.05, 0) is 25.1 Å². The monoisotopic (exact) mass is 465 g/mol. The van der Waals surface area contributed by atoms with Crippen LogP contribution in [0.1, 0.15) is 17.3 Å². The number of fused-ring (bicyclic) bond motifs is 1. The predicted octanol–water partition coefficient (Wildman–Crippen LogP) is 3.22. The smallest absolute Gasteiger partial charge is 0.253 e. The molecule has 1 aliphatic rings. The first-order valence-electron chi connectivity index (χ1n) is 10.8. The first kappa shape index (κ1) is 22.1. The number of amides is 1. The summed E-state index contributed by atoms with van der Waals surface area (Å²) in [7, 11) is 1.55. The molecule has 0 atom stereocenters. The van der Waals surface area contributed by atoms with E-state index in [-0.39, 0.29) is 23.8 Å². The van der Waals surface area contributed by atoms with Gasteiger partial charge in [0.15, 0.2) is 17.3 Å². The lowest BCUT2D eigenvalue weighted by molar-refractivity contribution is 0.0454. The van der Waals surface area contributed by atoms with Crippen LogP contribution >= 0.6 is 0 Å². The van der Waals surface area contributed by atoms with Gasteiger partial charge in [0.1, 0.15) is 18.0 Å². The Morgan fingerprint density at radius 1 is 1.24 bits per heavy atom. The lowest BCUT2D eigenvalue weighted by Gasteiger charge is -2.45. The first-order chi connectivity index (χ1) is 16.3. The van der Waals surface area contributed by atoms with Gasteiger partial charge in [-0.15, -0.1) is 0 Å². The van der Waals surface area contributed by atoms with Crippen molar-refractivity contribution >= 4 is 16.8 Å². The number of aromatic amines is 1. The molecule has 3 N–H and O–H groups in total. The number of methoxy groups -OCH3 is 1. The minimum absolute atomic E-state index is 0.0501. The summed E-state index contributed by atoms with van der Waals surface area (Å²) in [6, 6.07) is 11.7. The standard InChI is InChI=1S/C24H24FN5O4/c1-24(26)12-30(13-24)23(31)15-5-3-14(4-6-15)18-10-21(34-29-18)22-16-9-17(25)20(33-8-7-32-2)11-19(16)27-28-22/h3-6,9-11H,7-8,12-13,26H2,1-2H3,(H,27,28). The van der Waals surface area contributed by atoms with E-state index >= 15 is 0 Å². The van der Waals surface area contributed by atoms with Crippen LogP contribution in [0.25, 0.3) is 33.6 Å². The highest BCUT2D eigenvalue weighted by atomic mass is 19.1. The minimum Gasteiger partial charge on any atom is -0.488 e. The molecule has 2 aromatic carbocycles. The normalized spacial score (nSPS) is 14.9. The van der Waals surface area contributed by atoms with E-state index < -0.39 is 5.82 Å². The van der Waals surface area contributed by atoms with Crippen LogP contribution in [0.15, 0.2) is 47.0 Å². The molecule has 9 nitrogen and oxygen atoms in total. The Hall–Kier alpha value is -3.76. The van der Waals surface area contributed by atoms with E-state index in [0.717, 1.165) is 5.56 Å². The van der Waals surface area contributed by atoms with E-state index in [9.17, 15) is 9.18 Å². The second-order valence-electron chi connectivity index (χ2n) is 8.71. The summed E-state index contributed by atoms with van der Waals surface area (Å²) in [5.74, 6) is -0.0621. The van der Waals surface area contributed by atoms with Crippen molar-refractivity contribution in [3.8, 4) is 28.5 Å². The second kappa shape index (κ2) is 8.54. The van der Waals surface area contributed by atoms with E-state index in [1.54, 1.807) is 36.3 Å². The molecule has 0 saturated carbocycles. The van der Waals surface area contributed by atoms with Crippen molar-refractivity contribution < 1.29 is 23.2 Å². The van der Waals surface area contributed by atoms with Crippen LogP contribution in [0.5, 0.6) is 5.75 Å². The van der Waals surface area contributed by atoms with Crippen LogP contribution in [0.2, 0.25) is 0 Å². The van der Waals surface area contributed by atoms with Crippen molar-refractivity contribution in [3.05, 3.63) is 53.8 Å². The van der Waals surface area contributed by atoms with E-state index in [0.29, 0.717) is 53.3 Å². The molecular weight excluding hydrogens is 441 g/mol. The Kier molecular flexibility index (Phi) is 5.54. The number of likely N-dealkylation sites (tertiary alicyclic amines) is 1. The molecule has 0 bridgehead atoms. The SMILES string of the molecule is COCCOc1cc2[nH]nc(-c3cc(-c4ccc(C(=O)N5CC(C)(N)C5)cc4)no3)c2cc1F. The number of aromatic nitrogens is 3. The molecule has 1 saturated heterocycles. The maximum absolute atomic E-state index is 14.5. The number of halogens is 1. The Morgan fingerprint density at radius 2 is 2.00 bits per heavy atom. The first-order valence-corrected chi connectivity index (χ1v) is 10.8. The molecule has 1 aliphatic heterocycles. The average molecular weight is 465 g/mol. The van der Waals surface area contributed by atoms with E-state index in [2.05, 4.69) is 15.4 Å². The summed E-state index contributed by atoms with van der Waals surface area (Å²) >= 11 is 0. The van der Waals surface area contributed by atoms with Crippen molar-refractivity contribution in [3.63, 3.8) is 0 Å². The summed E-state index contributed by atoms with van der Waals surface area (Å²) < 4.78 is 30.4. The number of nitrogens with one attached hydrogen (secondary N) is 1. The molecule has 5 rings (SSSR count). The van der Waals surface area contributed by atoms with Crippen molar-refractivity contribution in [2.75, 3.05) is 33.4 Å². The molecule has 0 radical (unpaired) electrons. The Labute approximate surface area is 194 Å². The van der Waals surface area contributed by atoms with Gasteiger partial charge < -0.3 is 24.6 Å². The highest BCUT2D eigenvalue weighted by Gasteiger charge is 2.38. The van der Waals surface area contributed by atoms with Gasteiger partial charge >= 0.3 is 0 Å². The van der Waals surface area contributed by atoms with Gasteiger partial charge in [-0.1, -0.05) is 17.3 Å². The summed E-state index contributed by atoms with van der Waals surface area (Å²) in [6.07, 6.45) is 0. The second-order valence-corrected chi connectivity index (χ2v) is 8.71. The van der Waals surface area contributed by atoms with Crippen molar-refractivity contribution in [1.82, 2.24) is 20.3 Å². The number of nitrogens with two attached hydrogens (primary N) is 1. The average Bonchev–Trinajstić information content (AvgIpc) is 3.44. The molecule has 3 heterocycles. The molecule has 1 fully saturated rings. The number of hydrogen-bond donors (Lipinski definition) is 2.